The average Bonchev–Trinajstić information content (AvgIpc) is 2.24. The van der Waals surface area contributed by atoms with E-state index in [2.05, 4.69) is 11.6 Å². The Morgan fingerprint density at radius 1 is 1.53 bits per heavy atom. The summed E-state index contributed by atoms with van der Waals surface area (Å²) in [6, 6.07) is 0. The lowest BCUT2D eigenvalue weighted by atomic mass is 10.0. The van der Waals surface area contributed by atoms with E-state index in [1.807, 2.05) is 0 Å². The highest BCUT2D eigenvalue weighted by atomic mass is 32.2. The number of piperidine rings is 1. The molecular formula is C11H24N2O3S. The minimum absolute atomic E-state index is 0.366. The van der Waals surface area contributed by atoms with Gasteiger partial charge in [-0.15, -0.1) is 0 Å². The van der Waals surface area contributed by atoms with Crippen molar-refractivity contribution in [1.82, 2.24) is 9.03 Å². The van der Waals surface area contributed by atoms with Gasteiger partial charge in [0.1, 0.15) is 0 Å². The Labute approximate surface area is 104 Å². The van der Waals surface area contributed by atoms with E-state index >= 15 is 0 Å². The van der Waals surface area contributed by atoms with Crippen LogP contribution in [0.4, 0.5) is 0 Å². The van der Waals surface area contributed by atoms with Gasteiger partial charge in [-0.2, -0.15) is 12.7 Å². The molecule has 2 atom stereocenters. The van der Waals surface area contributed by atoms with Gasteiger partial charge < -0.3 is 5.11 Å². The van der Waals surface area contributed by atoms with Crippen LogP contribution in [0, 0.1) is 5.92 Å². The molecule has 1 aliphatic rings. The van der Waals surface area contributed by atoms with E-state index in [0.29, 0.717) is 38.4 Å². The first kappa shape index (κ1) is 14.9. The van der Waals surface area contributed by atoms with Crippen LogP contribution in [-0.2, 0) is 10.2 Å². The van der Waals surface area contributed by atoms with Gasteiger partial charge in [-0.05, 0) is 38.5 Å². The third-order valence-electron chi connectivity index (χ3n) is 3.04. The lowest BCUT2D eigenvalue weighted by Gasteiger charge is -2.30. The molecule has 0 aromatic rings. The van der Waals surface area contributed by atoms with Gasteiger partial charge in [0, 0.05) is 19.6 Å². The average molecular weight is 264 g/mol. The topological polar surface area (TPSA) is 69.6 Å². The molecule has 0 spiro atoms. The molecule has 2 N–H and O–H groups in total. The van der Waals surface area contributed by atoms with Crippen LogP contribution in [0.5, 0.6) is 0 Å². The lowest BCUT2D eigenvalue weighted by Crippen LogP contribution is -2.45. The van der Waals surface area contributed by atoms with Crippen LogP contribution >= 0.6 is 0 Å². The summed E-state index contributed by atoms with van der Waals surface area (Å²) >= 11 is 0. The molecule has 1 rings (SSSR count). The molecule has 5 nitrogen and oxygen atoms in total. The van der Waals surface area contributed by atoms with Gasteiger partial charge in [-0.25, -0.2) is 4.72 Å². The summed E-state index contributed by atoms with van der Waals surface area (Å²) in [5.74, 6) is 0.442. The van der Waals surface area contributed by atoms with Crippen molar-refractivity contribution in [2.75, 3.05) is 19.6 Å². The number of nitrogens with one attached hydrogen (secondary N) is 1. The monoisotopic (exact) mass is 264 g/mol. The van der Waals surface area contributed by atoms with Crippen molar-refractivity contribution in [1.29, 1.82) is 0 Å². The summed E-state index contributed by atoms with van der Waals surface area (Å²) in [6.07, 6.45) is 2.97. The largest absolute Gasteiger partial charge is 0.393 e. The lowest BCUT2D eigenvalue weighted by molar-refractivity contribution is 0.182. The van der Waals surface area contributed by atoms with E-state index in [-0.39, 0.29) is 6.10 Å². The third kappa shape index (κ3) is 5.33. The van der Waals surface area contributed by atoms with Gasteiger partial charge in [-0.3, -0.25) is 0 Å². The first-order valence-electron chi connectivity index (χ1n) is 6.34. The van der Waals surface area contributed by atoms with Crippen molar-refractivity contribution in [3.63, 3.8) is 0 Å². The van der Waals surface area contributed by atoms with Gasteiger partial charge in [0.15, 0.2) is 0 Å². The smallest absolute Gasteiger partial charge is 0.279 e. The zero-order valence-corrected chi connectivity index (χ0v) is 11.5. The Hall–Kier alpha value is -0.170. The first-order chi connectivity index (χ1) is 7.92. The maximum atomic E-state index is 11.9. The summed E-state index contributed by atoms with van der Waals surface area (Å²) < 4.78 is 28.0. The van der Waals surface area contributed by atoms with Crippen molar-refractivity contribution in [3.05, 3.63) is 0 Å². The maximum Gasteiger partial charge on any atom is 0.279 e. The van der Waals surface area contributed by atoms with Crippen molar-refractivity contribution in [2.24, 2.45) is 5.92 Å². The Balaban J connectivity index is 2.34. The summed E-state index contributed by atoms with van der Waals surface area (Å²) in [6.45, 7) is 5.43. The molecule has 0 radical (unpaired) electrons. The van der Waals surface area contributed by atoms with Crippen LogP contribution in [0.25, 0.3) is 0 Å². The van der Waals surface area contributed by atoms with Gasteiger partial charge >= 0.3 is 0 Å². The fourth-order valence-electron chi connectivity index (χ4n) is 2.05. The molecule has 1 saturated heterocycles. The van der Waals surface area contributed by atoms with Crippen molar-refractivity contribution >= 4 is 10.2 Å². The predicted molar refractivity (Wildman–Crippen MR) is 67.8 cm³/mol. The molecule has 1 heterocycles. The van der Waals surface area contributed by atoms with Crippen molar-refractivity contribution in [3.8, 4) is 0 Å². The molecule has 1 aliphatic heterocycles. The van der Waals surface area contributed by atoms with E-state index in [4.69, 9.17) is 5.11 Å². The zero-order chi connectivity index (χ0) is 12.9. The van der Waals surface area contributed by atoms with Gasteiger partial charge in [0.05, 0.1) is 6.10 Å². The SMILES string of the molecule is CC(O)CCCNS(=O)(=O)N1CCCC(C)C1. The Morgan fingerprint density at radius 3 is 2.82 bits per heavy atom. The molecule has 2 unspecified atom stereocenters. The van der Waals surface area contributed by atoms with Crippen LogP contribution in [0.1, 0.15) is 39.5 Å². The number of hydrogen-bond donors (Lipinski definition) is 2. The van der Waals surface area contributed by atoms with Crippen molar-refractivity contribution < 1.29 is 13.5 Å². The highest BCUT2D eigenvalue weighted by Gasteiger charge is 2.26. The first-order valence-corrected chi connectivity index (χ1v) is 7.78. The molecule has 17 heavy (non-hydrogen) atoms. The van der Waals surface area contributed by atoms with E-state index in [9.17, 15) is 8.42 Å². The fraction of sp³-hybridized carbons (Fsp3) is 1.00. The molecule has 0 aliphatic carbocycles. The second-order valence-electron chi connectivity index (χ2n) is 5.00. The molecule has 6 heteroatoms. The maximum absolute atomic E-state index is 11.9. The minimum atomic E-state index is -3.31. The Bertz CT molecular complexity index is 317. The Kier molecular flexibility index (Phi) is 5.85. The summed E-state index contributed by atoms with van der Waals surface area (Å²) in [5, 5.41) is 9.08. The highest BCUT2D eigenvalue weighted by Crippen LogP contribution is 2.17. The molecule has 0 bridgehead atoms. The van der Waals surface area contributed by atoms with Gasteiger partial charge in [0.2, 0.25) is 0 Å². The molecule has 0 aromatic carbocycles. The zero-order valence-electron chi connectivity index (χ0n) is 10.7. The van der Waals surface area contributed by atoms with Gasteiger partial charge in [0.25, 0.3) is 10.2 Å². The molecule has 1 fully saturated rings. The molecule has 0 amide bonds. The quantitative estimate of drug-likeness (QED) is 0.694. The summed E-state index contributed by atoms with van der Waals surface area (Å²) in [4.78, 5) is 0. The number of hydrogen-bond acceptors (Lipinski definition) is 3. The van der Waals surface area contributed by atoms with Crippen LogP contribution in [0.15, 0.2) is 0 Å². The second kappa shape index (κ2) is 6.68. The van der Waals surface area contributed by atoms with Crippen LogP contribution in [0.3, 0.4) is 0 Å². The molecular weight excluding hydrogens is 240 g/mol. The Morgan fingerprint density at radius 2 is 2.24 bits per heavy atom. The second-order valence-corrected chi connectivity index (χ2v) is 6.75. The van der Waals surface area contributed by atoms with E-state index < -0.39 is 10.2 Å². The standard InChI is InChI=1S/C11H24N2O3S/c1-10-5-4-8-13(9-10)17(15,16)12-7-3-6-11(2)14/h10-12,14H,3-9H2,1-2H3. The van der Waals surface area contributed by atoms with Crippen LogP contribution < -0.4 is 4.72 Å². The number of rotatable bonds is 6. The third-order valence-corrected chi connectivity index (χ3v) is 4.62. The van der Waals surface area contributed by atoms with Crippen LogP contribution in [-0.4, -0.2) is 43.6 Å². The fourth-order valence-corrected chi connectivity index (χ4v) is 3.46. The van der Waals surface area contributed by atoms with E-state index in [1.165, 1.54) is 4.31 Å². The molecule has 102 valence electrons. The number of aliphatic hydroxyl groups excluding tert-OH is 1. The summed E-state index contributed by atoms with van der Waals surface area (Å²) in [5.41, 5.74) is 0. The van der Waals surface area contributed by atoms with E-state index in [1.54, 1.807) is 6.92 Å². The van der Waals surface area contributed by atoms with Crippen LogP contribution in [0.2, 0.25) is 0 Å². The predicted octanol–water partition coefficient (Wildman–Crippen LogP) is 0.714. The van der Waals surface area contributed by atoms with Crippen molar-refractivity contribution in [2.45, 2.75) is 45.6 Å². The number of nitrogens with zero attached hydrogens (tertiary/aromatic N) is 1. The normalized spacial score (nSPS) is 24.8. The highest BCUT2D eigenvalue weighted by molar-refractivity contribution is 7.87. The molecule has 0 saturated carbocycles. The van der Waals surface area contributed by atoms with E-state index in [0.717, 1.165) is 12.8 Å². The summed E-state index contributed by atoms with van der Waals surface area (Å²) in [7, 11) is -3.31. The number of aliphatic hydroxyl groups is 1. The molecule has 0 aromatic heterocycles. The minimum Gasteiger partial charge on any atom is -0.393 e. The van der Waals surface area contributed by atoms with Gasteiger partial charge in [-0.1, -0.05) is 6.92 Å².